The van der Waals surface area contributed by atoms with E-state index in [4.69, 9.17) is 4.74 Å². The van der Waals surface area contributed by atoms with Crippen molar-refractivity contribution in [3.8, 4) is 5.75 Å². The Morgan fingerprint density at radius 1 is 1.13 bits per heavy atom. The summed E-state index contributed by atoms with van der Waals surface area (Å²) in [6.07, 6.45) is 0. The van der Waals surface area contributed by atoms with Crippen LogP contribution < -0.4 is 10.1 Å². The zero-order valence-electron chi connectivity index (χ0n) is 13.3. The number of benzene rings is 2. The molecule has 0 heterocycles. The van der Waals surface area contributed by atoms with Gasteiger partial charge >= 0.3 is 0 Å². The Balaban J connectivity index is 2.18. The number of anilines is 1. The molecule has 0 fully saturated rings. The van der Waals surface area contributed by atoms with Gasteiger partial charge in [-0.2, -0.15) is 0 Å². The largest absolute Gasteiger partial charge is 0.496 e. The number of carbonyl (C=O) groups excluding carboxylic acids is 1. The molecule has 0 saturated heterocycles. The number of nitrogens with one attached hydrogen (secondary N) is 1. The molecule has 2 rings (SSSR count). The molecule has 0 bridgehead atoms. The van der Waals surface area contributed by atoms with E-state index in [-0.39, 0.29) is 16.6 Å². The molecule has 2 aromatic carbocycles. The van der Waals surface area contributed by atoms with Gasteiger partial charge in [0.25, 0.3) is 5.91 Å². The summed E-state index contributed by atoms with van der Waals surface area (Å²) in [5, 5.41) is 2.74. The van der Waals surface area contributed by atoms with Gasteiger partial charge in [0.1, 0.15) is 5.75 Å². The maximum absolute atomic E-state index is 12.2. The van der Waals surface area contributed by atoms with Crippen LogP contribution in [-0.2, 0) is 9.84 Å². The van der Waals surface area contributed by atoms with Gasteiger partial charge in [-0.3, -0.25) is 4.79 Å². The second-order valence-corrected chi connectivity index (χ2v) is 7.34. The van der Waals surface area contributed by atoms with E-state index in [1.807, 2.05) is 13.0 Å². The summed E-state index contributed by atoms with van der Waals surface area (Å²) >= 11 is 0. The molecule has 1 N–H and O–H groups in total. The summed E-state index contributed by atoms with van der Waals surface area (Å²) in [7, 11) is -1.69. The molecule has 6 heteroatoms. The Morgan fingerprint density at radius 2 is 1.78 bits per heavy atom. The number of hydrogen-bond acceptors (Lipinski definition) is 4. The zero-order valence-corrected chi connectivity index (χ0v) is 14.1. The van der Waals surface area contributed by atoms with E-state index in [0.717, 1.165) is 5.56 Å². The quantitative estimate of drug-likeness (QED) is 0.913. The first-order valence-corrected chi connectivity index (χ1v) is 8.81. The number of methoxy groups -OCH3 is 1. The van der Waals surface area contributed by atoms with Crippen molar-refractivity contribution in [1.29, 1.82) is 0 Å². The van der Waals surface area contributed by atoms with Gasteiger partial charge in [0.2, 0.25) is 0 Å². The van der Waals surface area contributed by atoms with Crippen molar-refractivity contribution in [2.24, 2.45) is 0 Å². The van der Waals surface area contributed by atoms with Gasteiger partial charge in [-0.15, -0.1) is 0 Å². The third kappa shape index (κ3) is 3.90. The molecule has 0 aromatic heterocycles. The molecular formula is C17H19NO4S. The normalized spacial score (nSPS) is 11.1. The summed E-state index contributed by atoms with van der Waals surface area (Å²) in [5.74, 6) is 0.401. The van der Waals surface area contributed by atoms with Crippen molar-refractivity contribution >= 4 is 21.4 Å². The van der Waals surface area contributed by atoms with Crippen molar-refractivity contribution in [2.75, 3.05) is 18.2 Å². The van der Waals surface area contributed by atoms with Gasteiger partial charge in [0, 0.05) is 11.3 Å². The van der Waals surface area contributed by atoms with Crippen molar-refractivity contribution in [3.63, 3.8) is 0 Å². The molecule has 5 nitrogen and oxygen atoms in total. The van der Waals surface area contributed by atoms with Crippen LogP contribution >= 0.6 is 0 Å². The SMILES string of the molecule is CCS(=O)(=O)c1ccc(NC(=O)c2ccc(C)c(OC)c2)cc1. The molecule has 0 spiro atoms. The molecule has 0 atom stereocenters. The maximum Gasteiger partial charge on any atom is 0.255 e. The summed E-state index contributed by atoms with van der Waals surface area (Å²) in [4.78, 5) is 12.5. The number of sulfone groups is 1. The summed E-state index contributed by atoms with van der Waals surface area (Å²) in [5.41, 5.74) is 1.94. The molecular weight excluding hydrogens is 314 g/mol. The van der Waals surface area contributed by atoms with Crippen molar-refractivity contribution in [2.45, 2.75) is 18.7 Å². The van der Waals surface area contributed by atoms with Crippen molar-refractivity contribution in [1.82, 2.24) is 0 Å². The van der Waals surface area contributed by atoms with Gasteiger partial charge in [-0.1, -0.05) is 13.0 Å². The summed E-state index contributed by atoms with van der Waals surface area (Å²) < 4.78 is 28.7. The first kappa shape index (κ1) is 17.0. The molecule has 2 aromatic rings. The van der Waals surface area contributed by atoms with Crippen LogP contribution in [0.4, 0.5) is 5.69 Å². The van der Waals surface area contributed by atoms with Crippen LogP contribution in [0.15, 0.2) is 47.4 Å². The standard InChI is InChI=1S/C17H19NO4S/c1-4-23(20,21)15-9-7-14(8-10-15)18-17(19)13-6-5-12(2)16(11-13)22-3/h5-11H,4H2,1-3H3,(H,18,19). The number of aryl methyl sites for hydroxylation is 1. The second kappa shape index (κ2) is 6.83. The van der Waals surface area contributed by atoms with E-state index in [9.17, 15) is 13.2 Å². The van der Waals surface area contributed by atoms with Gasteiger partial charge in [-0.05, 0) is 48.9 Å². The number of rotatable bonds is 5. The van der Waals surface area contributed by atoms with E-state index in [2.05, 4.69) is 5.32 Å². The average molecular weight is 333 g/mol. The fourth-order valence-corrected chi connectivity index (χ4v) is 2.96. The average Bonchev–Trinajstić information content (AvgIpc) is 2.55. The number of carbonyl (C=O) groups is 1. The van der Waals surface area contributed by atoms with Crippen molar-refractivity contribution in [3.05, 3.63) is 53.6 Å². The smallest absolute Gasteiger partial charge is 0.255 e. The molecule has 0 saturated carbocycles. The maximum atomic E-state index is 12.2. The van der Waals surface area contributed by atoms with Crippen LogP contribution in [0.2, 0.25) is 0 Å². The lowest BCUT2D eigenvalue weighted by atomic mass is 10.1. The highest BCUT2D eigenvalue weighted by molar-refractivity contribution is 7.91. The van der Waals surface area contributed by atoms with E-state index >= 15 is 0 Å². The van der Waals surface area contributed by atoms with Crippen LogP contribution in [0, 0.1) is 6.92 Å². The molecule has 0 aliphatic rings. The molecule has 23 heavy (non-hydrogen) atoms. The molecule has 122 valence electrons. The number of amides is 1. The van der Waals surface area contributed by atoms with E-state index in [1.54, 1.807) is 38.3 Å². The van der Waals surface area contributed by atoms with Crippen LogP contribution in [0.3, 0.4) is 0 Å². The van der Waals surface area contributed by atoms with Crippen LogP contribution in [-0.4, -0.2) is 27.2 Å². The minimum absolute atomic E-state index is 0.0435. The monoisotopic (exact) mass is 333 g/mol. The van der Waals surface area contributed by atoms with Gasteiger partial charge in [0.15, 0.2) is 9.84 Å². The topological polar surface area (TPSA) is 72.5 Å². The fraction of sp³-hybridized carbons (Fsp3) is 0.235. The number of ether oxygens (including phenoxy) is 1. The van der Waals surface area contributed by atoms with E-state index in [0.29, 0.717) is 17.0 Å². The molecule has 0 radical (unpaired) electrons. The Hall–Kier alpha value is -2.34. The Kier molecular flexibility index (Phi) is 5.05. The number of hydrogen-bond donors (Lipinski definition) is 1. The fourth-order valence-electron chi connectivity index (χ4n) is 2.08. The van der Waals surface area contributed by atoms with E-state index < -0.39 is 9.84 Å². The lowest BCUT2D eigenvalue weighted by molar-refractivity contribution is 0.102. The predicted octanol–water partition coefficient (Wildman–Crippen LogP) is 3.05. The highest BCUT2D eigenvalue weighted by Crippen LogP contribution is 2.20. The zero-order chi connectivity index (χ0) is 17.0. The van der Waals surface area contributed by atoms with Gasteiger partial charge < -0.3 is 10.1 Å². The second-order valence-electron chi connectivity index (χ2n) is 5.07. The molecule has 1 amide bonds. The first-order chi connectivity index (χ1) is 10.9. The van der Waals surface area contributed by atoms with Crippen LogP contribution in [0.25, 0.3) is 0 Å². The minimum Gasteiger partial charge on any atom is -0.496 e. The molecule has 0 aliphatic carbocycles. The van der Waals surface area contributed by atoms with Crippen molar-refractivity contribution < 1.29 is 17.9 Å². The summed E-state index contributed by atoms with van der Waals surface area (Å²) in [6.45, 7) is 3.49. The summed E-state index contributed by atoms with van der Waals surface area (Å²) in [6, 6.07) is 11.3. The Labute approximate surface area is 136 Å². The Bertz CT molecular complexity index is 811. The molecule has 0 aliphatic heterocycles. The van der Waals surface area contributed by atoms with Gasteiger partial charge in [-0.25, -0.2) is 8.42 Å². The third-order valence-electron chi connectivity index (χ3n) is 3.52. The highest BCUT2D eigenvalue weighted by atomic mass is 32.2. The highest BCUT2D eigenvalue weighted by Gasteiger charge is 2.12. The lowest BCUT2D eigenvalue weighted by Gasteiger charge is -2.09. The first-order valence-electron chi connectivity index (χ1n) is 7.16. The van der Waals surface area contributed by atoms with E-state index in [1.165, 1.54) is 12.1 Å². The predicted molar refractivity (Wildman–Crippen MR) is 89.9 cm³/mol. The third-order valence-corrected chi connectivity index (χ3v) is 5.27. The van der Waals surface area contributed by atoms with Gasteiger partial charge in [0.05, 0.1) is 17.8 Å². The lowest BCUT2D eigenvalue weighted by Crippen LogP contribution is -2.12. The minimum atomic E-state index is -3.24. The Morgan fingerprint density at radius 3 is 2.35 bits per heavy atom. The van der Waals surface area contributed by atoms with Crippen LogP contribution in [0.1, 0.15) is 22.8 Å². The molecule has 0 unspecified atom stereocenters. The van der Waals surface area contributed by atoms with Crippen LogP contribution in [0.5, 0.6) is 5.75 Å².